The van der Waals surface area contributed by atoms with E-state index < -0.39 is 0 Å². The third-order valence-corrected chi connectivity index (χ3v) is 13.0. The molecule has 0 saturated carbocycles. The van der Waals surface area contributed by atoms with E-state index in [2.05, 4.69) is 218 Å². The van der Waals surface area contributed by atoms with Crippen LogP contribution in [-0.2, 0) is 5.41 Å². The summed E-state index contributed by atoms with van der Waals surface area (Å²) in [5.41, 5.74) is 11.8. The van der Waals surface area contributed by atoms with E-state index >= 15 is 0 Å². The van der Waals surface area contributed by atoms with E-state index in [1.165, 1.54) is 81.0 Å². The maximum Gasteiger partial charge on any atom is 0.0619 e. The standard InChI is InChI=1S/C53H38N2S/c1-53(2)46-24-11-12-25-48(46)55(49-34-40(30-32-47(49)53)54(38-18-4-3-5-19-38)39-29-27-35-15-6-7-17-37(35)33-39)51-41-20-9-8-16-36(41)28-31-43(51)45-23-14-22-44-42-21-10-13-26-50(42)56-52(44)45/h3-34H,1-2H3. The van der Waals surface area contributed by atoms with Gasteiger partial charge in [0.05, 0.1) is 17.1 Å². The number of para-hydroxylation sites is 2. The van der Waals surface area contributed by atoms with Crippen LogP contribution in [0.3, 0.4) is 0 Å². The number of hydrogen-bond donors (Lipinski definition) is 0. The van der Waals surface area contributed by atoms with Gasteiger partial charge in [-0.05, 0) is 75.8 Å². The van der Waals surface area contributed by atoms with Gasteiger partial charge >= 0.3 is 0 Å². The van der Waals surface area contributed by atoms with Gasteiger partial charge in [-0.25, -0.2) is 0 Å². The Bertz CT molecular complexity index is 3140. The average molecular weight is 735 g/mol. The molecule has 1 aliphatic heterocycles. The molecule has 0 fully saturated rings. The van der Waals surface area contributed by atoms with Crippen molar-refractivity contribution >= 4 is 87.2 Å². The van der Waals surface area contributed by atoms with Crippen LogP contribution >= 0.6 is 11.3 Å². The highest BCUT2D eigenvalue weighted by molar-refractivity contribution is 7.26. The molecule has 2 nitrogen and oxygen atoms in total. The Kier molecular flexibility index (Phi) is 7.42. The van der Waals surface area contributed by atoms with Crippen molar-refractivity contribution in [3.8, 4) is 11.1 Å². The van der Waals surface area contributed by atoms with Gasteiger partial charge < -0.3 is 9.80 Å². The van der Waals surface area contributed by atoms with E-state index in [4.69, 9.17) is 0 Å². The smallest absolute Gasteiger partial charge is 0.0619 e. The number of rotatable bonds is 5. The quantitative estimate of drug-likeness (QED) is 0.174. The van der Waals surface area contributed by atoms with Crippen LogP contribution in [0.25, 0.3) is 52.8 Å². The largest absolute Gasteiger partial charge is 0.310 e. The first kappa shape index (κ1) is 32.7. The van der Waals surface area contributed by atoms with Gasteiger partial charge in [-0.3, -0.25) is 0 Å². The van der Waals surface area contributed by atoms with Crippen LogP contribution < -0.4 is 9.80 Å². The molecule has 0 saturated heterocycles. The zero-order chi connectivity index (χ0) is 37.4. The molecule has 0 unspecified atom stereocenters. The molecular formula is C53H38N2S. The summed E-state index contributed by atoms with van der Waals surface area (Å²) in [6.07, 6.45) is 0. The monoisotopic (exact) mass is 734 g/mol. The fourth-order valence-corrected chi connectivity index (χ4v) is 10.3. The van der Waals surface area contributed by atoms with Crippen LogP contribution in [-0.4, -0.2) is 0 Å². The first-order valence-corrected chi connectivity index (χ1v) is 20.2. The second-order valence-corrected chi connectivity index (χ2v) is 16.4. The van der Waals surface area contributed by atoms with Gasteiger partial charge in [0, 0.05) is 59.2 Å². The number of hydrogen-bond acceptors (Lipinski definition) is 3. The van der Waals surface area contributed by atoms with E-state index in [-0.39, 0.29) is 5.41 Å². The normalized spacial score (nSPS) is 13.3. The average Bonchev–Trinajstić information content (AvgIpc) is 3.63. The number of nitrogens with zero attached hydrogens (tertiary/aromatic N) is 2. The number of fused-ring (bicyclic) bond motifs is 7. The van der Waals surface area contributed by atoms with Gasteiger partial charge in [-0.15, -0.1) is 11.3 Å². The lowest BCUT2D eigenvalue weighted by atomic mass is 9.73. The predicted octanol–water partition coefficient (Wildman–Crippen LogP) is 15.6. The molecule has 11 rings (SSSR count). The van der Waals surface area contributed by atoms with Crippen LogP contribution in [0.15, 0.2) is 194 Å². The second-order valence-electron chi connectivity index (χ2n) is 15.3. The highest BCUT2D eigenvalue weighted by atomic mass is 32.1. The lowest BCUT2D eigenvalue weighted by molar-refractivity contribution is 0.632. The van der Waals surface area contributed by atoms with Crippen LogP contribution in [0.4, 0.5) is 34.1 Å². The summed E-state index contributed by atoms with van der Waals surface area (Å²) in [6, 6.07) is 71.5. The number of anilines is 6. The third-order valence-electron chi connectivity index (χ3n) is 11.8. The summed E-state index contributed by atoms with van der Waals surface area (Å²) in [6.45, 7) is 4.75. The first-order valence-electron chi connectivity index (χ1n) is 19.4. The minimum atomic E-state index is -0.238. The van der Waals surface area contributed by atoms with Gasteiger partial charge in [0.1, 0.15) is 0 Å². The van der Waals surface area contributed by atoms with Gasteiger partial charge in [0.25, 0.3) is 0 Å². The Hall–Kier alpha value is -6.68. The molecule has 0 amide bonds. The fourth-order valence-electron chi connectivity index (χ4n) is 9.10. The Balaban J connectivity index is 1.21. The molecule has 10 aromatic rings. The molecule has 0 spiro atoms. The number of thiophene rings is 1. The van der Waals surface area contributed by atoms with E-state index in [0.29, 0.717) is 0 Å². The minimum absolute atomic E-state index is 0.238. The lowest BCUT2D eigenvalue weighted by Crippen LogP contribution is -2.31. The van der Waals surface area contributed by atoms with Crippen LogP contribution in [0.2, 0.25) is 0 Å². The molecule has 266 valence electrons. The molecule has 9 aromatic carbocycles. The van der Waals surface area contributed by atoms with E-state index in [0.717, 1.165) is 17.1 Å². The topological polar surface area (TPSA) is 6.48 Å². The van der Waals surface area contributed by atoms with E-state index in [1.54, 1.807) is 0 Å². The molecular weight excluding hydrogens is 697 g/mol. The van der Waals surface area contributed by atoms with Crippen molar-refractivity contribution in [1.29, 1.82) is 0 Å². The van der Waals surface area contributed by atoms with Gasteiger partial charge in [-0.1, -0.05) is 159 Å². The van der Waals surface area contributed by atoms with E-state index in [1.807, 2.05) is 11.3 Å². The molecule has 0 N–H and O–H groups in total. The van der Waals surface area contributed by atoms with E-state index in [9.17, 15) is 0 Å². The molecule has 56 heavy (non-hydrogen) atoms. The second kappa shape index (κ2) is 12.7. The van der Waals surface area contributed by atoms with Crippen molar-refractivity contribution in [2.45, 2.75) is 19.3 Å². The Morgan fingerprint density at radius 3 is 1.95 bits per heavy atom. The zero-order valence-electron chi connectivity index (χ0n) is 31.3. The van der Waals surface area contributed by atoms with Crippen LogP contribution in [0, 0.1) is 0 Å². The maximum atomic E-state index is 2.58. The fraction of sp³-hybridized carbons (Fsp3) is 0.0566. The van der Waals surface area contributed by atoms with Crippen LogP contribution in [0.5, 0.6) is 0 Å². The zero-order valence-corrected chi connectivity index (χ0v) is 32.1. The molecule has 0 bridgehead atoms. The highest BCUT2D eigenvalue weighted by Crippen LogP contribution is 2.57. The molecule has 0 atom stereocenters. The SMILES string of the molecule is CC1(C)c2ccccc2N(c2c(-c3cccc4c3sc3ccccc34)ccc3ccccc23)c2cc(N(c3ccccc3)c3ccc4ccccc4c3)ccc21. The van der Waals surface area contributed by atoms with Gasteiger partial charge in [0.2, 0.25) is 0 Å². The summed E-state index contributed by atoms with van der Waals surface area (Å²) >= 11 is 1.89. The minimum Gasteiger partial charge on any atom is -0.310 e. The third kappa shape index (κ3) is 5.01. The van der Waals surface area contributed by atoms with Crippen molar-refractivity contribution < 1.29 is 0 Å². The summed E-state index contributed by atoms with van der Waals surface area (Å²) < 4.78 is 2.63. The van der Waals surface area contributed by atoms with Crippen molar-refractivity contribution in [2.24, 2.45) is 0 Å². The molecule has 2 heterocycles. The summed E-state index contributed by atoms with van der Waals surface area (Å²) in [4.78, 5) is 4.98. The van der Waals surface area contributed by atoms with Crippen molar-refractivity contribution in [3.63, 3.8) is 0 Å². The van der Waals surface area contributed by atoms with Gasteiger partial charge in [0.15, 0.2) is 0 Å². The van der Waals surface area contributed by atoms with Crippen LogP contribution in [0.1, 0.15) is 25.0 Å². The Labute approximate surface area is 331 Å². The predicted molar refractivity (Wildman–Crippen MR) is 241 cm³/mol. The van der Waals surface area contributed by atoms with Crippen molar-refractivity contribution in [1.82, 2.24) is 0 Å². The summed E-state index contributed by atoms with van der Waals surface area (Å²) in [7, 11) is 0. The molecule has 0 radical (unpaired) electrons. The van der Waals surface area contributed by atoms with Gasteiger partial charge in [-0.2, -0.15) is 0 Å². The molecule has 1 aromatic heterocycles. The van der Waals surface area contributed by atoms with Crippen molar-refractivity contribution in [2.75, 3.05) is 9.80 Å². The summed E-state index contributed by atoms with van der Waals surface area (Å²) in [5.74, 6) is 0. The highest BCUT2D eigenvalue weighted by Gasteiger charge is 2.38. The summed E-state index contributed by atoms with van der Waals surface area (Å²) in [5, 5.41) is 7.51. The number of benzene rings is 9. The molecule has 3 heteroatoms. The lowest BCUT2D eigenvalue weighted by Gasteiger charge is -2.43. The Morgan fingerprint density at radius 1 is 0.429 bits per heavy atom. The maximum absolute atomic E-state index is 2.58. The molecule has 0 aliphatic carbocycles. The first-order chi connectivity index (χ1) is 27.5. The van der Waals surface area contributed by atoms with Crippen molar-refractivity contribution in [3.05, 3.63) is 205 Å². The Morgan fingerprint density at radius 2 is 1.07 bits per heavy atom. The molecule has 1 aliphatic rings.